The molecule has 0 atom stereocenters. The monoisotopic (exact) mass is 364 g/mol. The third-order valence-electron chi connectivity index (χ3n) is 2.94. The van der Waals surface area contributed by atoms with Gasteiger partial charge in [0.05, 0.1) is 38.6 Å². The van der Waals surface area contributed by atoms with Crippen LogP contribution in [0.5, 0.6) is 0 Å². The van der Waals surface area contributed by atoms with Crippen LogP contribution in [0.1, 0.15) is 15.9 Å². The molecule has 0 radical (unpaired) electrons. The van der Waals surface area contributed by atoms with Gasteiger partial charge >= 0.3 is 5.97 Å². The molecule has 25 heavy (non-hydrogen) atoms. The van der Waals surface area contributed by atoms with Crippen LogP contribution in [0.2, 0.25) is 19.6 Å². The second-order valence-electron chi connectivity index (χ2n) is 6.43. The SMILES string of the molecule is COCCOCCOCCOC(=O)c1cccc(C#C[Si](C)(C)C)c1. The molecule has 6 heteroatoms. The lowest BCUT2D eigenvalue weighted by Crippen LogP contribution is -2.16. The molecule has 0 spiro atoms. The molecule has 0 N–H and O–H groups in total. The average Bonchev–Trinajstić information content (AvgIpc) is 2.58. The van der Waals surface area contributed by atoms with E-state index in [0.29, 0.717) is 38.6 Å². The van der Waals surface area contributed by atoms with Gasteiger partial charge in [0.2, 0.25) is 0 Å². The fourth-order valence-electron chi connectivity index (χ4n) is 1.72. The van der Waals surface area contributed by atoms with Crippen molar-refractivity contribution in [2.45, 2.75) is 19.6 Å². The summed E-state index contributed by atoms with van der Waals surface area (Å²) in [5.41, 5.74) is 4.63. The summed E-state index contributed by atoms with van der Waals surface area (Å²) < 4.78 is 20.7. The Labute approximate surface area is 151 Å². The van der Waals surface area contributed by atoms with Crippen LogP contribution in [-0.2, 0) is 18.9 Å². The quantitative estimate of drug-likeness (QED) is 0.277. The Morgan fingerprint density at radius 3 is 2.28 bits per heavy atom. The van der Waals surface area contributed by atoms with Crippen LogP contribution in [0, 0.1) is 11.5 Å². The third-order valence-corrected chi connectivity index (χ3v) is 3.82. The molecule has 1 rings (SSSR count). The lowest BCUT2D eigenvalue weighted by molar-refractivity contribution is 0.00570. The van der Waals surface area contributed by atoms with Crippen molar-refractivity contribution in [1.82, 2.24) is 0 Å². The highest BCUT2D eigenvalue weighted by Crippen LogP contribution is 2.07. The van der Waals surface area contributed by atoms with Gasteiger partial charge in [0.25, 0.3) is 0 Å². The molecule has 0 aliphatic heterocycles. The summed E-state index contributed by atoms with van der Waals surface area (Å²) >= 11 is 0. The number of ether oxygens (including phenoxy) is 4. The highest BCUT2D eigenvalue weighted by Gasteiger charge is 2.09. The van der Waals surface area contributed by atoms with E-state index in [4.69, 9.17) is 18.9 Å². The number of hydrogen-bond acceptors (Lipinski definition) is 5. The topological polar surface area (TPSA) is 54.0 Å². The summed E-state index contributed by atoms with van der Waals surface area (Å²) in [6.07, 6.45) is 0. The summed E-state index contributed by atoms with van der Waals surface area (Å²) in [5, 5.41) is 0. The number of methoxy groups -OCH3 is 1. The average molecular weight is 365 g/mol. The Balaban J connectivity index is 2.30. The van der Waals surface area contributed by atoms with Gasteiger partial charge in [0.15, 0.2) is 0 Å². The maximum absolute atomic E-state index is 12.0. The summed E-state index contributed by atoms with van der Waals surface area (Å²) in [7, 11) is 0.187. The molecule has 0 saturated heterocycles. The van der Waals surface area contributed by atoms with Crippen molar-refractivity contribution in [1.29, 1.82) is 0 Å². The van der Waals surface area contributed by atoms with Crippen LogP contribution in [0.3, 0.4) is 0 Å². The van der Waals surface area contributed by atoms with Crippen LogP contribution < -0.4 is 0 Å². The predicted molar refractivity (Wildman–Crippen MR) is 100 cm³/mol. The lowest BCUT2D eigenvalue weighted by Gasteiger charge is -2.07. The maximum Gasteiger partial charge on any atom is 0.338 e. The second-order valence-corrected chi connectivity index (χ2v) is 11.2. The zero-order chi connectivity index (χ0) is 18.5. The van der Waals surface area contributed by atoms with Crippen LogP contribution in [-0.4, -0.2) is 60.8 Å². The standard InChI is InChI=1S/C19H28O5Si/c1-21-9-10-22-11-12-23-13-14-24-19(20)18-7-5-6-17(16-18)8-15-25(2,3)4/h5-7,16H,9-14H2,1-4H3. The molecule has 138 valence electrons. The molecule has 5 nitrogen and oxygen atoms in total. The molecule has 0 fully saturated rings. The second kappa shape index (κ2) is 11.8. The minimum Gasteiger partial charge on any atom is -0.460 e. The number of carbonyl (C=O) groups is 1. The van der Waals surface area contributed by atoms with Gasteiger partial charge in [-0.15, -0.1) is 5.54 Å². The van der Waals surface area contributed by atoms with Crippen molar-refractivity contribution in [3.05, 3.63) is 35.4 Å². The van der Waals surface area contributed by atoms with E-state index >= 15 is 0 Å². The van der Waals surface area contributed by atoms with E-state index < -0.39 is 8.07 Å². The van der Waals surface area contributed by atoms with Gasteiger partial charge in [0, 0.05) is 12.7 Å². The van der Waals surface area contributed by atoms with Gasteiger partial charge < -0.3 is 18.9 Å². The Hall–Kier alpha value is -1.65. The van der Waals surface area contributed by atoms with Gasteiger partial charge in [-0.05, 0) is 18.2 Å². The molecule has 0 amide bonds. The van der Waals surface area contributed by atoms with Gasteiger partial charge in [-0.25, -0.2) is 4.79 Å². The minimum absolute atomic E-state index is 0.210. The summed E-state index contributed by atoms with van der Waals surface area (Å²) in [4.78, 5) is 12.0. The van der Waals surface area contributed by atoms with E-state index in [1.54, 1.807) is 19.2 Å². The van der Waals surface area contributed by atoms with Crippen molar-refractivity contribution in [2.75, 3.05) is 46.8 Å². The van der Waals surface area contributed by atoms with Crippen LogP contribution in [0.25, 0.3) is 0 Å². The van der Waals surface area contributed by atoms with E-state index in [2.05, 4.69) is 31.1 Å². The number of esters is 1. The summed E-state index contributed by atoms with van der Waals surface area (Å²) in [6, 6.07) is 7.21. The molecule has 1 aromatic carbocycles. The Kier molecular flexibility index (Phi) is 10.1. The smallest absolute Gasteiger partial charge is 0.338 e. The molecule has 0 heterocycles. The highest BCUT2D eigenvalue weighted by atomic mass is 28.3. The zero-order valence-corrected chi connectivity index (χ0v) is 16.6. The third kappa shape index (κ3) is 10.7. The number of rotatable bonds is 10. The Bertz CT molecular complexity index is 583. The van der Waals surface area contributed by atoms with Crippen LogP contribution in [0.4, 0.5) is 0 Å². The van der Waals surface area contributed by atoms with Gasteiger partial charge in [-0.1, -0.05) is 31.6 Å². The first-order valence-corrected chi connectivity index (χ1v) is 11.9. The van der Waals surface area contributed by atoms with Crippen molar-refractivity contribution in [3.8, 4) is 11.5 Å². The Morgan fingerprint density at radius 1 is 1.00 bits per heavy atom. The fraction of sp³-hybridized carbons (Fsp3) is 0.526. The van der Waals surface area contributed by atoms with Gasteiger partial charge in [0.1, 0.15) is 14.7 Å². The largest absolute Gasteiger partial charge is 0.460 e. The molecular weight excluding hydrogens is 336 g/mol. The van der Waals surface area contributed by atoms with E-state index in [1.807, 2.05) is 12.1 Å². The van der Waals surface area contributed by atoms with Crippen molar-refractivity contribution >= 4 is 14.0 Å². The van der Waals surface area contributed by atoms with Crippen molar-refractivity contribution < 1.29 is 23.7 Å². The first kappa shape index (κ1) is 21.4. The van der Waals surface area contributed by atoms with Gasteiger partial charge in [-0.2, -0.15) is 0 Å². The number of carbonyl (C=O) groups excluding carboxylic acids is 1. The molecular formula is C19H28O5Si. The molecule has 0 aliphatic rings. The molecule has 0 aliphatic carbocycles. The molecule has 1 aromatic rings. The van der Waals surface area contributed by atoms with E-state index in [-0.39, 0.29) is 12.6 Å². The van der Waals surface area contributed by atoms with Crippen molar-refractivity contribution in [3.63, 3.8) is 0 Å². The fourth-order valence-corrected chi connectivity index (χ4v) is 2.24. The molecule has 0 unspecified atom stereocenters. The van der Waals surface area contributed by atoms with E-state index in [9.17, 15) is 4.79 Å². The first-order valence-electron chi connectivity index (χ1n) is 8.37. The lowest BCUT2D eigenvalue weighted by atomic mass is 10.1. The normalized spacial score (nSPS) is 10.9. The van der Waals surface area contributed by atoms with Crippen LogP contribution in [0.15, 0.2) is 24.3 Å². The van der Waals surface area contributed by atoms with Gasteiger partial charge in [-0.3, -0.25) is 0 Å². The minimum atomic E-state index is -1.44. The predicted octanol–water partition coefficient (Wildman–Crippen LogP) is 2.75. The van der Waals surface area contributed by atoms with Crippen LogP contribution >= 0.6 is 0 Å². The number of hydrogen-bond donors (Lipinski definition) is 0. The first-order chi connectivity index (χ1) is 11.9. The molecule has 0 saturated carbocycles. The van der Waals surface area contributed by atoms with E-state index in [1.165, 1.54) is 0 Å². The summed E-state index contributed by atoms with van der Waals surface area (Å²) in [6.45, 7) is 9.17. The highest BCUT2D eigenvalue weighted by molar-refractivity contribution is 6.83. The summed E-state index contributed by atoms with van der Waals surface area (Å²) in [5.74, 6) is 2.78. The molecule has 0 bridgehead atoms. The number of benzene rings is 1. The van der Waals surface area contributed by atoms with Crippen molar-refractivity contribution in [2.24, 2.45) is 0 Å². The van der Waals surface area contributed by atoms with E-state index in [0.717, 1.165) is 5.56 Å². The Morgan fingerprint density at radius 2 is 1.64 bits per heavy atom. The zero-order valence-electron chi connectivity index (χ0n) is 15.6. The molecule has 0 aromatic heterocycles. The maximum atomic E-state index is 12.0.